The van der Waals surface area contributed by atoms with E-state index < -0.39 is 0 Å². The van der Waals surface area contributed by atoms with Gasteiger partial charge in [-0.05, 0) is 45.2 Å². The van der Waals surface area contributed by atoms with Gasteiger partial charge >= 0.3 is 0 Å². The lowest BCUT2D eigenvalue weighted by molar-refractivity contribution is 0.0370. The molecule has 21 heavy (non-hydrogen) atoms. The predicted molar refractivity (Wildman–Crippen MR) is 85.1 cm³/mol. The summed E-state index contributed by atoms with van der Waals surface area (Å²) < 4.78 is 0. The van der Waals surface area contributed by atoms with E-state index in [9.17, 15) is 4.79 Å². The molecule has 2 rings (SSSR count). The second-order valence-electron chi connectivity index (χ2n) is 5.80. The molecule has 116 valence electrons. The summed E-state index contributed by atoms with van der Waals surface area (Å²) in [6, 6.07) is 4.37. The summed E-state index contributed by atoms with van der Waals surface area (Å²) in [5, 5.41) is 5.30. The van der Waals surface area contributed by atoms with Crippen molar-refractivity contribution >= 4 is 11.7 Å². The molecule has 0 saturated carbocycles. The van der Waals surface area contributed by atoms with Crippen molar-refractivity contribution in [3.63, 3.8) is 0 Å². The molecule has 2 atom stereocenters. The van der Waals surface area contributed by atoms with Gasteiger partial charge in [-0.2, -0.15) is 0 Å². The van der Waals surface area contributed by atoms with Crippen LogP contribution in [0.3, 0.4) is 0 Å². The Labute approximate surface area is 127 Å². The van der Waals surface area contributed by atoms with Crippen LogP contribution in [-0.4, -0.2) is 34.5 Å². The topological polar surface area (TPSA) is 57.3 Å². The van der Waals surface area contributed by atoms with E-state index in [4.69, 9.17) is 0 Å². The van der Waals surface area contributed by atoms with Gasteiger partial charge in [0.2, 0.25) is 0 Å². The number of amides is 1. The Morgan fingerprint density at radius 3 is 2.76 bits per heavy atom. The van der Waals surface area contributed by atoms with E-state index in [0.29, 0.717) is 23.5 Å². The maximum atomic E-state index is 12.6. The van der Waals surface area contributed by atoms with Gasteiger partial charge in [-0.1, -0.05) is 13.3 Å². The molecule has 1 saturated heterocycles. The highest BCUT2D eigenvalue weighted by Gasteiger charge is 2.27. The van der Waals surface area contributed by atoms with Crippen molar-refractivity contribution in [1.82, 2.24) is 15.4 Å². The molecule has 1 amide bonds. The van der Waals surface area contributed by atoms with E-state index in [1.807, 2.05) is 6.07 Å². The number of rotatable bonds is 5. The monoisotopic (exact) mass is 290 g/mol. The van der Waals surface area contributed by atoms with Gasteiger partial charge in [0, 0.05) is 24.8 Å². The molecule has 1 aliphatic rings. The third-order valence-electron chi connectivity index (χ3n) is 4.02. The van der Waals surface area contributed by atoms with Crippen LogP contribution in [0.15, 0.2) is 18.3 Å². The van der Waals surface area contributed by atoms with Gasteiger partial charge in [-0.3, -0.25) is 10.2 Å². The Bertz CT molecular complexity index is 467. The second-order valence-corrected chi connectivity index (χ2v) is 5.80. The first kappa shape index (κ1) is 15.8. The third-order valence-corrected chi connectivity index (χ3v) is 4.02. The molecule has 0 bridgehead atoms. The van der Waals surface area contributed by atoms with Gasteiger partial charge in [-0.15, -0.1) is 0 Å². The number of nitrogens with zero attached hydrogens (tertiary/aromatic N) is 2. The molecule has 5 heteroatoms. The van der Waals surface area contributed by atoms with Crippen LogP contribution < -0.4 is 10.7 Å². The zero-order valence-corrected chi connectivity index (χ0v) is 13.2. The van der Waals surface area contributed by atoms with E-state index in [-0.39, 0.29) is 5.91 Å². The smallest absolute Gasteiger partial charge is 0.269 e. The molecule has 0 aliphatic carbocycles. The van der Waals surface area contributed by atoms with Crippen LogP contribution in [0.1, 0.15) is 56.8 Å². The first-order valence-corrected chi connectivity index (χ1v) is 7.91. The van der Waals surface area contributed by atoms with Crippen molar-refractivity contribution in [2.45, 2.75) is 58.5 Å². The van der Waals surface area contributed by atoms with Crippen molar-refractivity contribution < 1.29 is 4.79 Å². The number of carbonyl (C=O) groups excluding carboxylic acids is 1. The minimum Gasteiger partial charge on any atom is -0.369 e. The molecule has 2 unspecified atom stereocenters. The van der Waals surface area contributed by atoms with Gasteiger partial charge < -0.3 is 5.32 Å². The molecule has 0 radical (unpaired) electrons. The number of aromatic nitrogens is 1. The van der Waals surface area contributed by atoms with Crippen LogP contribution in [0.4, 0.5) is 5.82 Å². The number of anilines is 1. The predicted octanol–water partition coefficient (Wildman–Crippen LogP) is 2.81. The molecule has 1 fully saturated rings. The average Bonchev–Trinajstić information content (AvgIpc) is 2.49. The Morgan fingerprint density at radius 2 is 2.10 bits per heavy atom. The molecule has 0 aromatic carbocycles. The standard InChI is InChI=1S/C16H26N4O/c1-4-10-17-15-14(9-6-11-18-15)16(21)19-20-12(2)7-5-8-13(20)3/h6,9,11-13H,4-5,7-8,10H2,1-3H3,(H,17,18)(H,19,21). The Hall–Kier alpha value is -1.62. The number of hydrazine groups is 1. The van der Waals surface area contributed by atoms with Crippen LogP contribution >= 0.6 is 0 Å². The van der Waals surface area contributed by atoms with Gasteiger partial charge in [-0.25, -0.2) is 9.99 Å². The van der Waals surface area contributed by atoms with Gasteiger partial charge in [0.15, 0.2) is 0 Å². The largest absolute Gasteiger partial charge is 0.369 e. The second kappa shape index (κ2) is 7.41. The first-order valence-electron chi connectivity index (χ1n) is 7.91. The summed E-state index contributed by atoms with van der Waals surface area (Å²) in [4.78, 5) is 16.8. The van der Waals surface area contributed by atoms with Gasteiger partial charge in [0.25, 0.3) is 5.91 Å². The highest BCUT2D eigenvalue weighted by Crippen LogP contribution is 2.21. The fourth-order valence-corrected chi connectivity index (χ4v) is 2.79. The SMILES string of the molecule is CCCNc1ncccc1C(=O)NN1C(C)CCCC1C. The summed E-state index contributed by atoms with van der Waals surface area (Å²) in [5.74, 6) is 0.580. The number of pyridine rings is 1. The maximum absolute atomic E-state index is 12.6. The van der Waals surface area contributed by atoms with Crippen molar-refractivity contribution in [3.05, 3.63) is 23.9 Å². The molecular weight excluding hydrogens is 264 g/mol. The molecular formula is C16H26N4O. The van der Waals surface area contributed by atoms with Crippen LogP contribution in [0.2, 0.25) is 0 Å². The Morgan fingerprint density at radius 1 is 1.38 bits per heavy atom. The van der Waals surface area contributed by atoms with E-state index in [1.54, 1.807) is 12.3 Å². The van der Waals surface area contributed by atoms with E-state index in [1.165, 1.54) is 6.42 Å². The maximum Gasteiger partial charge on any atom is 0.269 e. The Kier molecular flexibility index (Phi) is 5.56. The summed E-state index contributed by atoms with van der Waals surface area (Å²) >= 11 is 0. The van der Waals surface area contributed by atoms with Crippen molar-refractivity contribution in [1.29, 1.82) is 0 Å². The van der Waals surface area contributed by atoms with Crippen molar-refractivity contribution in [3.8, 4) is 0 Å². The first-order chi connectivity index (χ1) is 10.1. The fourth-order valence-electron chi connectivity index (χ4n) is 2.79. The van der Waals surface area contributed by atoms with Crippen molar-refractivity contribution in [2.24, 2.45) is 0 Å². The average molecular weight is 290 g/mol. The number of hydrogen-bond donors (Lipinski definition) is 2. The van der Waals surface area contributed by atoms with Gasteiger partial charge in [0.1, 0.15) is 5.82 Å². The number of hydrogen-bond acceptors (Lipinski definition) is 4. The zero-order chi connectivity index (χ0) is 15.2. The highest BCUT2D eigenvalue weighted by molar-refractivity contribution is 5.98. The lowest BCUT2D eigenvalue weighted by Gasteiger charge is -2.38. The summed E-state index contributed by atoms with van der Waals surface area (Å²) in [6.07, 6.45) is 6.18. The number of carbonyl (C=O) groups is 1. The molecule has 1 aliphatic heterocycles. The summed E-state index contributed by atoms with van der Waals surface area (Å²) in [5.41, 5.74) is 3.67. The molecule has 1 aromatic rings. The lowest BCUT2D eigenvalue weighted by Crippen LogP contribution is -2.54. The fraction of sp³-hybridized carbons (Fsp3) is 0.625. The highest BCUT2D eigenvalue weighted by atomic mass is 16.2. The minimum atomic E-state index is -0.0812. The molecule has 5 nitrogen and oxygen atoms in total. The molecule has 1 aromatic heterocycles. The summed E-state index contributed by atoms with van der Waals surface area (Å²) in [6.45, 7) is 7.23. The minimum absolute atomic E-state index is 0.0812. The number of piperidine rings is 1. The van der Waals surface area contributed by atoms with Crippen molar-refractivity contribution in [2.75, 3.05) is 11.9 Å². The van der Waals surface area contributed by atoms with E-state index >= 15 is 0 Å². The third kappa shape index (κ3) is 3.94. The number of nitrogens with one attached hydrogen (secondary N) is 2. The summed E-state index contributed by atoms with van der Waals surface area (Å²) in [7, 11) is 0. The van der Waals surface area contributed by atoms with Crippen LogP contribution in [0.25, 0.3) is 0 Å². The molecule has 0 spiro atoms. The normalized spacial score (nSPS) is 22.8. The Balaban J connectivity index is 2.09. The van der Waals surface area contributed by atoms with E-state index in [2.05, 4.69) is 41.5 Å². The zero-order valence-electron chi connectivity index (χ0n) is 13.2. The van der Waals surface area contributed by atoms with Crippen LogP contribution in [0, 0.1) is 0 Å². The van der Waals surface area contributed by atoms with Crippen LogP contribution in [-0.2, 0) is 0 Å². The molecule has 2 N–H and O–H groups in total. The lowest BCUT2D eigenvalue weighted by atomic mass is 10.00. The van der Waals surface area contributed by atoms with Gasteiger partial charge in [0.05, 0.1) is 5.56 Å². The van der Waals surface area contributed by atoms with E-state index in [0.717, 1.165) is 25.8 Å². The van der Waals surface area contributed by atoms with Crippen LogP contribution in [0.5, 0.6) is 0 Å². The molecule has 2 heterocycles. The quantitative estimate of drug-likeness (QED) is 0.875.